The molecule has 0 saturated carbocycles. The maximum absolute atomic E-state index is 6.07. The predicted molar refractivity (Wildman–Crippen MR) is 67.1 cm³/mol. The molecule has 0 spiro atoms. The molecular formula is C11H15BrClN. The number of anilines is 1. The van der Waals surface area contributed by atoms with Crippen molar-refractivity contribution >= 4 is 33.2 Å². The van der Waals surface area contributed by atoms with Crippen molar-refractivity contribution in [2.75, 3.05) is 11.9 Å². The summed E-state index contributed by atoms with van der Waals surface area (Å²) in [5, 5.41) is 4.08. The van der Waals surface area contributed by atoms with Gasteiger partial charge in [-0.3, -0.25) is 0 Å². The molecule has 1 aromatic rings. The van der Waals surface area contributed by atoms with Crippen LogP contribution in [0.15, 0.2) is 22.7 Å². The molecule has 0 fully saturated rings. The van der Waals surface area contributed by atoms with Crippen LogP contribution in [0.5, 0.6) is 0 Å². The van der Waals surface area contributed by atoms with Crippen LogP contribution < -0.4 is 5.32 Å². The van der Waals surface area contributed by atoms with Crippen molar-refractivity contribution in [3.8, 4) is 0 Å². The molecule has 0 saturated heterocycles. The normalized spacial score (nSPS) is 11.5. The van der Waals surface area contributed by atoms with Gasteiger partial charge in [-0.15, -0.1) is 0 Å². The highest BCUT2D eigenvalue weighted by Gasteiger charge is 2.10. The number of nitrogens with one attached hydrogen (secondary N) is 1. The van der Waals surface area contributed by atoms with E-state index in [4.69, 9.17) is 11.6 Å². The lowest BCUT2D eigenvalue weighted by atomic mass is 9.97. The lowest BCUT2D eigenvalue weighted by Gasteiger charge is -2.20. The lowest BCUT2D eigenvalue weighted by Crippen LogP contribution is -2.19. The Bertz CT molecular complexity index is 318. The summed E-state index contributed by atoms with van der Waals surface area (Å²) >= 11 is 9.44. The molecule has 0 atom stereocenters. The topological polar surface area (TPSA) is 12.0 Å². The van der Waals surface area contributed by atoms with Crippen molar-refractivity contribution in [1.29, 1.82) is 0 Å². The molecule has 0 bridgehead atoms. The van der Waals surface area contributed by atoms with Crippen LogP contribution in [0.3, 0.4) is 0 Å². The molecule has 0 heterocycles. The van der Waals surface area contributed by atoms with Crippen LogP contribution in [-0.4, -0.2) is 6.54 Å². The summed E-state index contributed by atoms with van der Waals surface area (Å²) in [4.78, 5) is 0. The fourth-order valence-electron chi connectivity index (χ4n) is 0.993. The molecule has 1 rings (SSSR count). The van der Waals surface area contributed by atoms with Gasteiger partial charge < -0.3 is 5.32 Å². The maximum Gasteiger partial charge on any atom is 0.0648 e. The van der Waals surface area contributed by atoms with Gasteiger partial charge in [0.05, 0.1) is 10.7 Å². The van der Waals surface area contributed by atoms with Gasteiger partial charge in [0.15, 0.2) is 0 Å². The lowest BCUT2D eigenvalue weighted by molar-refractivity contribution is 0.443. The second-order valence-electron chi connectivity index (χ2n) is 4.54. The van der Waals surface area contributed by atoms with Gasteiger partial charge in [-0.25, -0.2) is 0 Å². The fourth-order valence-corrected chi connectivity index (χ4v) is 1.73. The van der Waals surface area contributed by atoms with Crippen LogP contribution in [0.4, 0.5) is 5.69 Å². The van der Waals surface area contributed by atoms with E-state index in [9.17, 15) is 0 Å². The molecule has 0 aliphatic heterocycles. The Balaban J connectivity index is 2.68. The molecule has 0 aliphatic carbocycles. The molecule has 0 unspecified atom stereocenters. The molecule has 0 amide bonds. The fraction of sp³-hybridized carbons (Fsp3) is 0.455. The molecule has 1 aromatic carbocycles. The summed E-state index contributed by atoms with van der Waals surface area (Å²) < 4.78 is 1.00. The van der Waals surface area contributed by atoms with E-state index in [0.717, 1.165) is 21.7 Å². The third kappa shape index (κ3) is 3.89. The van der Waals surface area contributed by atoms with E-state index in [-0.39, 0.29) is 5.41 Å². The number of hydrogen-bond acceptors (Lipinski definition) is 1. The monoisotopic (exact) mass is 275 g/mol. The summed E-state index contributed by atoms with van der Waals surface area (Å²) in [5.41, 5.74) is 1.25. The summed E-state index contributed by atoms with van der Waals surface area (Å²) in [5.74, 6) is 0. The van der Waals surface area contributed by atoms with Crippen molar-refractivity contribution in [1.82, 2.24) is 0 Å². The first-order chi connectivity index (χ1) is 6.38. The van der Waals surface area contributed by atoms with Gasteiger partial charge in [-0.05, 0) is 23.6 Å². The zero-order chi connectivity index (χ0) is 10.8. The van der Waals surface area contributed by atoms with E-state index < -0.39 is 0 Å². The summed E-state index contributed by atoms with van der Waals surface area (Å²) in [6.45, 7) is 7.47. The Morgan fingerprint density at radius 3 is 2.50 bits per heavy atom. The molecule has 78 valence electrons. The van der Waals surface area contributed by atoms with Gasteiger partial charge in [0.1, 0.15) is 0 Å². The van der Waals surface area contributed by atoms with Gasteiger partial charge in [0, 0.05) is 11.0 Å². The van der Waals surface area contributed by atoms with Crippen LogP contribution >= 0.6 is 27.5 Å². The second kappa shape index (κ2) is 4.54. The standard InChI is InChI=1S/C11H15BrClN/c1-11(2,3)7-14-10-5-4-8(12)6-9(10)13/h4-6,14H,7H2,1-3H3. The van der Waals surface area contributed by atoms with Gasteiger partial charge in [0.25, 0.3) is 0 Å². The highest BCUT2D eigenvalue weighted by atomic mass is 79.9. The van der Waals surface area contributed by atoms with Crippen molar-refractivity contribution in [3.05, 3.63) is 27.7 Å². The van der Waals surface area contributed by atoms with Gasteiger partial charge in [-0.1, -0.05) is 48.3 Å². The average molecular weight is 277 g/mol. The molecule has 0 radical (unpaired) electrons. The molecule has 1 nitrogen and oxygen atoms in total. The third-order valence-electron chi connectivity index (χ3n) is 1.74. The van der Waals surface area contributed by atoms with Crippen molar-refractivity contribution in [3.63, 3.8) is 0 Å². The number of hydrogen-bond donors (Lipinski definition) is 1. The molecule has 0 aliphatic rings. The van der Waals surface area contributed by atoms with E-state index in [1.54, 1.807) is 0 Å². The zero-order valence-electron chi connectivity index (χ0n) is 8.70. The molecule has 0 aromatic heterocycles. The first-order valence-corrected chi connectivity index (χ1v) is 5.74. The van der Waals surface area contributed by atoms with Gasteiger partial charge in [-0.2, -0.15) is 0 Å². The average Bonchev–Trinajstić information content (AvgIpc) is 2.00. The van der Waals surface area contributed by atoms with Crippen LogP contribution in [0, 0.1) is 5.41 Å². The minimum Gasteiger partial charge on any atom is -0.383 e. The quantitative estimate of drug-likeness (QED) is 0.835. The Hall–Kier alpha value is -0.210. The Morgan fingerprint density at radius 1 is 1.36 bits per heavy atom. The van der Waals surface area contributed by atoms with E-state index in [1.165, 1.54) is 0 Å². The highest BCUT2D eigenvalue weighted by Crippen LogP contribution is 2.26. The van der Waals surface area contributed by atoms with Crippen LogP contribution in [0.25, 0.3) is 0 Å². The minimum absolute atomic E-state index is 0.260. The van der Waals surface area contributed by atoms with Gasteiger partial charge in [0.2, 0.25) is 0 Å². The smallest absolute Gasteiger partial charge is 0.0648 e. The number of rotatable bonds is 2. The molecule has 3 heteroatoms. The Labute approximate surface area is 99.0 Å². The van der Waals surface area contributed by atoms with E-state index >= 15 is 0 Å². The van der Waals surface area contributed by atoms with Crippen molar-refractivity contribution < 1.29 is 0 Å². The van der Waals surface area contributed by atoms with E-state index in [0.29, 0.717) is 0 Å². The van der Waals surface area contributed by atoms with Crippen molar-refractivity contribution in [2.24, 2.45) is 5.41 Å². The molecule has 14 heavy (non-hydrogen) atoms. The minimum atomic E-state index is 0.260. The zero-order valence-corrected chi connectivity index (χ0v) is 11.0. The third-order valence-corrected chi connectivity index (χ3v) is 2.55. The number of benzene rings is 1. The van der Waals surface area contributed by atoms with Crippen LogP contribution in [0.1, 0.15) is 20.8 Å². The largest absolute Gasteiger partial charge is 0.383 e. The number of halogens is 2. The van der Waals surface area contributed by atoms with Gasteiger partial charge >= 0.3 is 0 Å². The Morgan fingerprint density at radius 2 is 2.00 bits per heavy atom. The highest BCUT2D eigenvalue weighted by molar-refractivity contribution is 9.10. The first-order valence-electron chi connectivity index (χ1n) is 4.57. The van der Waals surface area contributed by atoms with Crippen LogP contribution in [-0.2, 0) is 0 Å². The van der Waals surface area contributed by atoms with Crippen molar-refractivity contribution in [2.45, 2.75) is 20.8 Å². The summed E-state index contributed by atoms with van der Waals surface area (Å²) in [7, 11) is 0. The Kier molecular flexibility index (Phi) is 3.85. The summed E-state index contributed by atoms with van der Waals surface area (Å²) in [6.07, 6.45) is 0. The van der Waals surface area contributed by atoms with E-state index in [2.05, 4.69) is 42.0 Å². The second-order valence-corrected chi connectivity index (χ2v) is 5.86. The first kappa shape index (κ1) is 11.9. The summed E-state index contributed by atoms with van der Waals surface area (Å²) in [6, 6.07) is 5.86. The SMILES string of the molecule is CC(C)(C)CNc1ccc(Br)cc1Cl. The van der Waals surface area contributed by atoms with E-state index in [1.807, 2.05) is 18.2 Å². The predicted octanol–water partition coefficient (Wildman–Crippen LogP) is 4.56. The molecular weight excluding hydrogens is 261 g/mol. The van der Waals surface area contributed by atoms with Crippen LogP contribution in [0.2, 0.25) is 5.02 Å². The maximum atomic E-state index is 6.07. The molecule has 1 N–H and O–H groups in total.